The van der Waals surface area contributed by atoms with Crippen molar-refractivity contribution in [2.75, 3.05) is 0 Å². The van der Waals surface area contributed by atoms with Crippen LogP contribution in [-0.4, -0.2) is 29.5 Å². The SMILES string of the molecule is Cc1ccc2c(c1)c1ccccc1n2-c1ccc(-c2cc(-c3ccccc3)nc(-c3ccccc3)n2)cc1-c1nc(-c2ccccc2)nc(-c2ccccc2)n1. The number of aromatic nitrogens is 6. The summed E-state index contributed by atoms with van der Waals surface area (Å²) in [5, 5.41) is 2.37. The van der Waals surface area contributed by atoms with E-state index < -0.39 is 0 Å². The number of fused-ring (bicyclic) bond motifs is 3. The minimum atomic E-state index is 0.563. The Balaban J connectivity index is 1.27. The number of para-hydroxylation sites is 1. The number of aryl methyl sites for hydroxylation is 1. The van der Waals surface area contributed by atoms with Crippen LogP contribution in [0.3, 0.4) is 0 Å². The predicted octanol–water partition coefficient (Wildman–Crippen LogP) is 12.1. The van der Waals surface area contributed by atoms with Gasteiger partial charge in [-0.1, -0.05) is 157 Å². The third kappa shape index (κ3) is 6.09. The number of hydrogen-bond acceptors (Lipinski definition) is 5. The lowest BCUT2D eigenvalue weighted by Crippen LogP contribution is -2.04. The third-order valence-electron chi connectivity index (χ3n) is 10.1. The zero-order valence-electron chi connectivity index (χ0n) is 30.6. The van der Waals surface area contributed by atoms with Crippen LogP contribution in [0, 0.1) is 6.92 Å². The number of rotatable bonds is 7. The van der Waals surface area contributed by atoms with Crippen LogP contribution in [0.2, 0.25) is 0 Å². The molecule has 3 aromatic heterocycles. The van der Waals surface area contributed by atoms with Gasteiger partial charge in [-0.25, -0.2) is 24.9 Å². The highest BCUT2D eigenvalue weighted by atomic mass is 15.1. The Labute approximate surface area is 324 Å². The molecular weight excluding hydrogens is 685 g/mol. The Kier molecular flexibility index (Phi) is 8.26. The van der Waals surface area contributed by atoms with Crippen molar-refractivity contribution in [3.05, 3.63) is 194 Å². The van der Waals surface area contributed by atoms with E-state index in [0.29, 0.717) is 23.3 Å². The molecule has 0 saturated carbocycles. The van der Waals surface area contributed by atoms with Crippen LogP contribution in [0.4, 0.5) is 0 Å². The molecule has 10 rings (SSSR count). The molecule has 0 radical (unpaired) electrons. The Morgan fingerprint density at radius 1 is 0.339 bits per heavy atom. The summed E-state index contributed by atoms with van der Waals surface area (Å²) >= 11 is 0. The van der Waals surface area contributed by atoms with Crippen molar-refractivity contribution in [2.24, 2.45) is 0 Å². The van der Waals surface area contributed by atoms with Crippen LogP contribution >= 0.6 is 0 Å². The van der Waals surface area contributed by atoms with Crippen molar-refractivity contribution in [2.45, 2.75) is 6.92 Å². The Bertz CT molecular complexity index is 2900. The molecule has 56 heavy (non-hydrogen) atoms. The van der Waals surface area contributed by atoms with Gasteiger partial charge in [0.2, 0.25) is 0 Å². The van der Waals surface area contributed by atoms with E-state index in [1.165, 1.54) is 16.3 Å². The summed E-state index contributed by atoms with van der Waals surface area (Å²) < 4.78 is 2.34. The predicted molar refractivity (Wildman–Crippen MR) is 227 cm³/mol. The van der Waals surface area contributed by atoms with Gasteiger partial charge in [0.05, 0.1) is 28.1 Å². The first-order chi connectivity index (χ1) is 27.7. The second-order valence-electron chi connectivity index (χ2n) is 13.8. The molecule has 6 heteroatoms. The quantitative estimate of drug-likeness (QED) is 0.164. The molecule has 7 aromatic carbocycles. The average molecular weight is 719 g/mol. The molecule has 0 aliphatic rings. The summed E-state index contributed by atoms with van der Waals surface area (Å²) in [6, 6.07) is 64.4. The Morgan fingerprint density at radius 2 is 0.821 bits per heavy atom. The first-order valence-corrected chi connectivity index (χ1v) is 18.7. The molecule has 264 valence electrons. The maximum atomic E-state index is 5.24. The van der Waals surface area contributed by atoms with Crippen molar-refractivity contribution in [1.82, 2.24) is 29.5 Å². The summed E-state index contributed by atoms with van der Waals surface area (Å²) in [5.74, 6) is 2.42. The first-order valence-electron chi connectivity index (χ1n) is 18.7. The van der Waals surface area contributed by atoms with E-state index in [1.807, 2.05) is 109 Å². The maximum absolute atomic E-state index is 5.24. The van der Waals surface area contributed by atoms with Gasteiger partial charge in [0.15, 0.2) is 23.3 Å². The van der Waals surface area contributed by atoms with Crippen molar-refractivity contribution in [3.8, 4) is 73.8 Å². The fourth-order valence-corrected chi connectivity index (χ4v) is 7.41. The highest BCUT2D eigenvalue weighted by molar-refractivity contribution is 6.10. The van der Waals surface area contributed by atoms with Crippen LogP contribution in [0.25, 0.3) is 95.6 Å². The lowest BCUT2D eigenvalue weighted by molar-refractivity contribution is 1.06. The normalized spacial score (nSPS) is 11.3. The molecule has 3 heterocycles. The highest BCUT2D eigenvalue weighted by Gasteiger charge is 2.21. The van der Waals surface area contributed by atoms with E-state index in [0.717, 1.165) is 61.5 Å². The van der Waals surface area contributed by atoms with Crippen LogP contribution in [0.5, 0.6) is 0 Å². The fraction of sp³-hybridized carbons (Fsp3) is 0.0200. The third-order valence-corrected chi connectivity index (χ3v) is 10.1. The lowest BCUT2D eigenvalue weighted by Gasteiger charge is -2.17. The van der Waals surface area contributed by atoms with Crippen LogP contribution in [-0.2, 0) is 0 Å². The van der Waals surface area contributed by atoms with E-state index in [-0.39, 0.29) is 0 Å². The van der Waals surface area contributed by atoms with Crippen LogP contribution in [0.1, 0.15) is 5.56 Å². The summed E-state index contributed by atoms with van der Waals surface area (Å²) in [6.45, 7) is 2.14. The topological polar surface area (TPSA) is 69.4 Å². The Morgan fingerprint density at radius 3 is 1.43 bits per heavy atom. The largest absolute Gasteiger partial charge is 0.309 e. The molecule has 0 bridgehead atoms. The van der Waals surface area contributed by atoms with Gasteiger partial charge in [0.1, 0.15) is 0 Å². The summed E-state index contributed by atoms with van der Waals surface area (Å²) in [4.78, 5) is 25.8. The van der Waals surface area contributed by atoms with Gasteiger partial charge in [-0.05, 0) is 43.3 Å². The second kappa shape index (κ2) is 14.0. The van der Waals surface area contributed by atoms with Crippen molar-refractivity contribution in [3.63, 3.8) is 0 Å². The summed E-state index contributed by atoms with van der Waals surface area (Å²) in [5.41, 5.74) is 11.6. The fourth-order valence-electron chi connectivity index (χ4n) is 7.41. The summed E-state index contributed by atoms with van der Waals surface area (Å²) in [6.07, 6.45) is 0. The molecule has 0 saturated heterocycles. The van der Waals surface area contributed by atoms with Gasteiger partial charge in [0, 0.05) is 44.2 Å². The molecule has 0 aliphatic heterocycles. The summed E-state index contributed by atoms with van der Waals surface area (Å²) in [7, 11) is 0. The number of nitrogens with zero attached hydrogens (tertiary/aromatic N) is 6. The average Bonchev–Trinajstić information content (AvgIpc) is 3.60. The zero-order chi connectivity index (χ0) is 37.4. The van der Waals surface area contributed by atoms with Gasteiger partial charge in [-0.3, -0.25) is 0 Å². The zero-order valence-corrected chi connectivity index (χ0v) is 30.6. The molecule has 0 N–H and O–H groups in total. The van der Waals surface area contributed by atoms with Gasteiger partial charge < -0.3 is 4.57 Å². The van der Waals surface area contributed by atoms with E-state index in [9.17, 15) is 0 Å². The second-order valence-corrected chi connectivity index (χ2v) is 13.8. The van der Waals surface area contributed by atoms with Crippen LogP contribution < -0.4 is 0 Å². The maximum Gasteiger partial charge on any atom is 0.166 e. The van der Waals surface area contributed by atoms with E-state index >= 15 is 0 Å². The van der Waals surface area contributed by atoms with Gasteiger partial charge in [0.25, 0.3) is 0 Å². The lowest BCUT2D eigenvalue weighted by atomic mass is 10.0. The van der Waals surface area contributed by atoms with E-state index in [4.69, 9.17) is 24.9 Å². The minimum absolute atomic E-state index is 0.563. The molecule has 0 amide bonds. The smallest absolute Gasteiger partial charge is 0.166 e. The molecule has 0 spiro atoms. The molecule has 0 aliphatic carbocycles. The van der Waals surface area contributed by atoms with Gasteiger partial charge in [-0.2, -0.15) is 0 Å². The number of hydrogen-bond donors (Lipinski definition) is 0. The first kappa shape index (κ1) is 33.0. The van der Waals surface area contributed by atoms with E-state index in [2.05, 4.69) is 90.4 Å². The standard InChI is InChI=1S/C50H34N6/c1-33-26-28-45-40(30-33)39-24-14-15-25-44(39)56(45)46-29-27-38(43-32-42(34-16-6-2-7-17-34)51-47(52-43)35-18-8-3-9-19-35)31-41(46)50-54-48(36-20-10-4-11-21-36)53-49(55-50)37-22-12-5-13-23-37/h2-32H,1H3. The molecule has 0 fully saturated rings. The monoisotopic (exact) mass is 718 g/mol. The van der Waals surface area contributed by atoms with Crippen LogP contribution in [0.15, 0.2) is 188 Å². The molecular formula is C50H34N6. The number of benzene rings is 7. The van der Waals surface area contributed by atoms with Crippen molar-refractivity contribution < 1.29 is 0 Å². The van der Waals surface area contributed by atoms with Crippen molar-refractivity contribution in [1.29, 1.82) is 0 Å². The van der Waals surface area contributed by atoms with Gasteiger partial charge >= 0.3 is 0 Å². The molecule has 0 unspecified atom stereocenters. The highest BCUT2D eigenvalue weighted by Crippen LogP contribution is 2.39. The molecule has 6 nitrogen and oxygen atoms in total. The molecule has 10 aromatic rings. The molecule has 0 atom stereocenters. The Hall–Kier alpha value is -7.57. The van der Waals surface area contributed by atoms with E-state index in [1.54, 1.807) is 0 Å². The van der Waals surface area contributed by atoms with Gasteiger partial charge in [-0.15, -0.1) is 0 Å². The minimum Gasteiger partial charge on any atom is -0.309 e. The van der Waals surface area contributed by atoms with Crippen molar-refractivity contribution >= 4 is 21.8 Å².